The number of carbonyl (C=O) groups is 1. The lowest BCUT2D eigenvalue weighted by molar-refractivity contribution is -0.149. The highest BCUT2D eigenvalue weighted by atomic mass is 79.9. The van der Waals surface area contributed by atoms with Crippen LogP contribution in [0, 0.1) is 36.8 Å². The number of nitriles is 1. The first-order valence-corrected chi connectivity index (χ1v) is 10.9. The van der Waals surface area contributed by atoms with Crippen LogP contribution < -0.4 is 10.2 Å². The van der Waals surface area contributed by atoms with Gasteiger partial charge in [-0.1, -0.05) is 0 Å². The summed E-state index contributed by atoms with van der Waals surface area (Å²) >= 11 is 0. The van der Waals surface area contributed by atoms with E-state index < -0.39 is 40.9 Å². The second kappa shape index (κ2) is 10.1. The van der Waals surface area contributed by atoms with E-state index in [-0.39, 0.29) is 42.2 Å². The molecule has 1 saturated heterocycles. The molecule has 1 atom stereocenters. The van der Waals surface area contributed by atoms with Crippen molar-refractivity contribution < 1.29 is 26.7 Å². The zero-order valence-electron chi connectivity index (χ0n) is 20.0. The van der Waals surface area contributed by atoms with Crippen molar-refractivity contribution in [1.29, 1.82) is 5.26 Å². The van der Waals surface area contributed by atoms with Crippen molar-refractivity contribution in [3.8, 4) is 17.2 Å². The van der Waals surface area contributed by atoms with E-state index in [1.165, 1.54) is 4.90 Å². The molecule has 0 radical (unpaired) electrons. The molecule has 8 nitrogen and oxygen atoms in total. The summed E-state index contributed by atoms with van der Waals surface area (Å²) in [4.78, 5) is 13.6. The van der Waals surface area contributed by atoms with E-state index in [1.54, 1.807) is 22.4 Å². The number of aromatic amines is 1. The molecule has 0 spiro atoms. The van der Waals surface area contributed by atoms with E-state index in [0.717, 1.165) is 28.6 Å². The fraction of sp³-hybridized carbons (Fsp3) is 0.391. The van der Waals surface area contributed by atoms with Gasteiger partial charge in [-0.25, -0.2) is 8.78 Å². The van der Waals surface area contributed by atoms with Crippen molar-refractivity contribution >= 4 is 28.6 Å². The van der Waals surface area contributed by atoms with E-state index in [1.807, 2.05) is 13.8 Å². The Labute approximate surface area is 219 Å². The second-order valence-corrected chi connectivity index (χ2v) is 8.92. The third-order valence-electron chi connectivity index (χ3n) is 6.32. The van der Waals surface area contributed by atoms with Gasteiger partial charge < -0.3 is 10.2 Å². The fourth-order valence-electron chi connectivity index (χ4n) is 4.32. The van der Waals surface area contributed by atoms with E-state index in [0.29, 0.717) is 13.0 Å². The number of anilines is 1. The Kier molecular flexibility index (Phi) is 7.69. The van der Waals surface area contributed by atoms with Gasteiger partial charge in [0.1, 0.15) is 23.2 Å². The van der Waals surface area contributed by atoms with E-state index >= 15 is 0 Å². The molecular formula is C23H23BrF5N7O. The van der Waals surface area contributed by atoms with Crippen molar-refractivity contribution in [3.05, 3.63) is 53.1 Å². The third kappa shape index (κ3) is 5.18. The summed E-state index contributed by atoms with van der Waals surface area (Å²) in [5.74, 6) is -3.51. The summed E-state index contributed by atoms with van der Waals surface area (Å²) < 4.78 is 69.2. The first-order valence-electron chi connectivity index (χ1n) is 10.9. The lowest BCUT2D eigenvalue weighted by Crippen LogP contribution is -2.63. The van der Waals surface area contributed by atoms with Crippen LogP contribution in [0.4, 0.5) is 27.6 Å². The number of hydrogen-bond acceptors (Lipinski definition) is 5. The van der Waals surface area contributed by atoms with Crippen LogP contribution in [0.2, 0.25) is 0 Å². The quantitative estimate of drug-likeness (QED) is 0.412. The highest BCUT2D eigenvalue weighted by Crippen LogP contribution is 2.39. The van der Waals surface area contributed by atoms with Gasteiger partial charge in [0.05, 0.1) is 35.6 Å². The maximum atomic E-state index is 14.8. The average molecular weight is 588 g/mol. The normalized spacial score (nSPS) is 15.4. The number of nitrogens with one attached hydrogen (secondary N) is 2. The Morgan fingerprint density at radius 2 is 1.95 bits per heavy atom. The van der Waals surface area contributed by atoms with Crippen LogP contribution in [0.3, 0.4) is 0 Å². The molecule has 2 N–H and O–H groups in total. The molecule has 198 valence electrons. The summed E-state index contributed by atoms with van der Waals surface area (Å²) in [6, 6.07) is 1.22. The molecule has 1 aliphatic rings. The van der Waals surface area contributed by atoms with Crippen molar-refractivity contribution in [3.63, 3.8) is 0 Å². The summed E-state index contributed by atoms with van der Waals surface area (Å²) in [6.07, 6.45) is -1.27. The van der Waals surface area contributed by atoms with Crippen LogP contribution in [0.1, 0.15) is 35.1 Å². The monoisotopic (exact) mass is 587 g/mol. The average Bonchev–Trinajstić information content (AvgIpc) is 3.37. The Hall–Kier alpha value is -3.47. The highest BCUT2D eigenvalue weighted by Gasteiger charge is 2.47. The van der Waals surface area contributed by atoms with Crippen molar-refractivity contribution in [1.82, 2.24) is 25.3 Å². The molecule has 1 fully saturated rings. The number of alkyl halides is 3. The van der Waals surface area contributed by atoms with Crippen molar-refractivity contribution in [2.75, 3.05) is 18.0 Å². The van der Waals surface area contributed by atoms with E-state index in [4.69, 9.17) is 0 Å². The fourth-order valence-corrected chi connectivity index (χ4v) is 4.32. The number of halogens is 6. The first-order chi connectivity index (χ1) is 16.9. The molecule has 2 aromatic heterocycles. The number of aromatic nitrogens is 4. The molecule has 1 amide bonds. The van der Waals surface area contributed by atoms with Gasteiger partial charge in [0.25, 0.3) is 5.91 Å². The Balaban J connectivity index is 0.00000380. The van der Waals surface area contributed by atoms with Crippen LogP contribution >= 0.6 is 17.0 Å². The number of rotatable bonds is 6. The van der Waals surface area contributed by atoms with Crippen molar-refractivity contribution in [2.24, 2.45) is 0 Å². The van der Waals surface area contributed by atoms with Gasteiger partial charge in [0.2, 0.25) is 0 Å². The smallest absolute Gasteiger partial charge is 0.364 e. The molecule has 3 aromatic rings. The van der Waals surface area contributed by atoms with Crippen LogP contribution in [-0.2, 0) is 5.54 Å². The number of amides is 1. The molecule has 3 heterocycles. The molecule has 0 saturated carbocycles. The minimum atomic E-state index is -4.73. The Morgan fingerprint density at radius 3 is 2.51 bits per heavy atom. The maximum Gasteiger partial charge on any atom is 0.408 e. The molecule has 4 rings (SSSR count). The van der Waals surface area contributed by atoms with E-state index in [9.17, 15) is 32.0 Å². The van der Waals surface area contributed by atoms with Crippen LogP contribution in [0.25, 0.3) is 11.1 Å². The van der Waals surface area contributed by atoms with Crippen LogP contribution in [0.15, 0.2) is 24.5 Å². The van der Waals surface area contributed by atoms with Gasteiger partial charge in [-0.3, -0.25) is 14.6 Å². The zero-order chi connectivity index (χ0) is 26.4. The third-order valence-corrected chi connectivity index (χ3v) is 6.32. The number of carbonyl (C=O) groups excluding carboxylic acids is 1. The number of H-pyrrole nitrogens is 1. The SMILES string of the molecule is Br.Cc1n[nH]c(C)c1-c1cnn(C2(CC#N)CN(c3cc(F)c(C(=O)NC(C)C(F)(F)F)cc3F)C2)c1. The van der Waals surface area contributed by atoms with Gasteiger partial charge in [0, 0.05) is 42.2 Å². The summed E-state index contributed by atoms with van der Waals surface area (Å²) in [6.45, 7) is 4.66. The lowest BCUT2D eigenvalue weighted by Gasteiger charge is -2.50. The topological polar surface area (TPSA) is 103 Å². The van der Waals surface area contributed by atoms with Gasteiger partial charge in [-0.2, -0.15) is 28.6 Å². The Morgan fingerprint density at radius 1 is 1.27 bits per heavy atom. The van der Waals surface area contributed by atoms with Crippen molar-refractivity contribution in [2.45, 2.75) is 44.9 Å². The summed E-state index contributed by atoms with van der Waals surface area (Å²) in [5, 5.41) is 22.5. The predicted molar refractivity (Wildman–Crippen MR) is 129 cm³/mol. The molecule has 0 aliphatic carbocycles. The molecular weight excluding hydrogens is 565 g/mol. The summed E-state index contributed by atoms with van der Waals surface area (Å²) in [7, 11) is 0. The number of hydrogen-bond donors (Lipinski definition) is 2. The molecule has 1 aromatic carbocycles. The standard InChI is InChI=1S/C23H22F5N7O.BrH/c1-12-20(13(2)33-32-12)15-8-30-35(9-15)22(4-5-29)10-34(11-22)19-7-17(24)16(6-18(19)25)21(36)31-14(3)23(26,27)28;/h6-9,14H,4,10-11H2,1-3H3,(H,31,36)(H,32,33);1H. The largest absolute Gasteiger partial charge is 0.408 e. The van der Waals surface area contributed by atoms with Crippen LogP contribution in [-0.4, -0.2) is 51.2 Å². The number of nitrogens with zero attached hydrogens (tertiary/aromatic N) is 5. The van der Waals surface area contributed by atoms with Gasteiger partial charge in [0.15, 0.2) is 0 Å². The minimum absolute atomic E-state index is 0. The van der Waals surface area contributed by atoms with Crippen LogP contribution in [0.5, 0.6) is 0 Å². The van der Waals surface area contributed by atoms with Gasteiger partial charge in [-0.05, 0) is 26.8 Å². The predicted octanol–water partition coefficient (Wildman–Crippen LogP) is 4.56. The first kappa shape index (κ1) is 28.1. The van der Waals surface area contributed by atoms with Gasteiger partial charge in [-0.15, -0.1) is 17.0 Å². The molecule has 1 unspecified atom stereocenters. The Bertz CT molecular complexity index is 1330. The second-order valence-electron chi connectivity index (χ2n) is 8.92. The highest BCUT2D eigenvalue weighted by molar-refractivity contribution is 8.93. The number of aryl methyl sites for hydroxylation is 2. The molecule has 1 aliphatic heterocycles. The minimum Gasteiger partial charge on any atom is -0.364 e. The van der Waals surface area contributed by atoms with E-state index in [2.05, 4.69) is 21.4 Å². The van der Waals surface area contributed by atoms with Gasteiger partial charge >= 0.3 is 6.18 Å². The molecule has 37 heavy (non-hydrogen) atoms. The lowest BCUT2D eigenvalue weighted by atomic mass is 9.86. The molecule has 0 bridgehead atoms. The maximum absolute atomic E-state index is 14.8. The zero-order valence-corrected chi connectivity index (χ0v) is 21.7. The number of benzene rings is 1. The molecule has 14 heteroatoms. The summed E-state index contributed by atoms with van der Waals surface area (Å²) in [5.41, 5.74) is 1.49.